The van der Waals surface area contributed by atoms with Crippen molar-refractivity contribution in [3.8, 4) is 0 Å². The van der Waals surface area contributed by atoms with Crippen LogP contribution < -0.4 is 5.32 Å². The molecule has 3 nitrogen and oxygen atoms in total. The van der Waals surface area contributed by atoms with Gasteiger partial charge in [-0.1, -0.05) is 0 Å². The highest BCUT2D eigenvalue weighted by Crippen LogP contribution is 2.20. The van der Waals surface area contributed by atoms with E-state index in [4.69, 9.17) is 9.47 Å². The Morgan fingerprint density at radius 2 is 2.21 bits per heavy atom. The highest BCUT2D eigenvalue weighted by Gasteiger charge is 2.29. The molecule has 0 aromatic heterocycles. The van der Waals surface area contributed by atoms with Gasteiger partial charge >= 0.3 is 0 Å². The molecule has 4 atom stereocenters. The minimum Gasteiger partial charge on any atom is -0.381 e. The summed E-state index contributed by atoms with van der Waals surface area (Å²) in [5, 5.41) is 3.60. The molecule has 2 heterocycles. The maximum atomic E-state index is 5.70. The van der Waals surface area contributed by atoms with Crippen LogP contribution in [0, 0.1) is 5.92 Å². The third-order valence-corrected chi connectivity index (χ3v) is 3.29. The van der Waals surface area contributed by atoms with Gasteiger partial charge in [-0.15, -0.1) is 0 Å². The van der Waals surface area contributed by atoms with E-state index >= 15 is 0 Å². The van der Waals surface area contributed by atoms with Crippen molar-refractivity contribution in [1.82, 2.24) is 5.32 Å². The first-order chi connectivity index (χ1) is 6.75. The molecule has 0 aromatic rings. The zero-order chi connectivity index (χ0) is 9.97. The number of hydrogen-bond acceptors (Lipinski definition) is 3. The Morgan fingerprint density at radius 1 is 1.36 bits per heavy atom. The van der Waals surface area contributed by atoms with Crippen LogP contribution >= 0.6 is 0 Å². The van der Waals surface area contributed by atoms with E-state index in [9.17, 15) is 0 Å². The van der Waals surface area contributed by atoms with E-state index in [-0.39, 0.29) is 0 Å². The molecule has 1 N–H and O–H groups in total. The minimum atomic E-state index is 0.368. The van der Waals surface area contributed by atoms with Crippen molar-refractivity contribution in [1.29, 1.82) is 0 Å². The van der Waals surface area contributed by atoms with Crippen LogP contribution in [0.2, 0.25) is 0 Å². The van der Waals surface area contributed by atoms with E-state index in [1.165, 1.54) is 6.42 Å². The summed E-state index contributed by atoms with van der Waals surface area (Å²) >= 11 is 0. The average molecular weight is 199 g/mol. The van der Waals surface area contributed by atoms with Crippen LogP contribution in [0.3, 0.4) is 0 Å². The van der Waals surface area contributed by atoms with Gasteiger partial charge in [0.1, 0.15) is 0 Å². The van der Waals surface area contributed by atoms with Crippen LogP contribution in [0.25, 0.3) is 0 Å². The van der Waals surface area contributed by atoms with Crippen molar-refractivity contribution in [2.45, 2.75) is 44.9 Å². The van der Waals surface area contributed by atoms with Crippen LogP contribution in [0.15, 0.2) is 0 Å². The Labute approximate surface area is 86.2 Å². The molecule has 0 aliphatic carbocycles. The predicted octanol–water partition coefficient (Wildman–Crippen LogP) is 1.18. The summed E-state index contributed by atoms with van der Waals surface area (Å²) in [6.07, 6.45) is 3.15. The van der Waals surface area contributed by atoms with E-state index in [1.54, 1.807) is 0 Å². The standard InChI is InChI=1S/C11H21NO2/c1-8-5-11(9(2)14-8)12-6-10-3-4-13-7-10/h8-12H,3-7H2,1-2H3. The molecule has 2 rings (SSSR count). The van der Waals surface area contributed by atoms with Crippen LogP contribution in [0.1, 0.15) is 26.7 Å². The zero-order valence-electron chi connectivity index (χ0n) is 9.16. The third-order valence-electron chi connectivity index (χ3n) is 3.29. The Hall–Kier alpha value is -0.120. The van der Waals surface area contributed by atoms with Gasteiger partial charge in [-0.3, -0.25) is 0 Å². The summed E-state index contributed by atoms with van der Waals surface area (Å²) < 4.78 is 11.0. The van der Waals surface area contributed by atoms with Gasteiger partial charge in [0.25, 0.3) is 0 Å². The molecule has 2 fully saturated rings. The summed E-state index contributed by atoms with van der Waals surface area (Å²) in [4.78, 5) is 0. The lowest BCUT2D eigenvalue weighted by atomic mass is 10.1. The smallest absolute Gasteiger partial charge is 0.0704 e. The largest absolute Gasteiger partial charge is 0.381 e. The average Bonchev–Trinajstić information content (AvgIpc) is 2.72. The fraction of sp³-hybridized carbons (Fsp3) is 1.00. The Morgan fingerprint density at radius 3 is 2.79 bits per heavy atom. The molecule has 0 saturated carbocycles. The molecule has 3 heteroatoms. The van der Waals surface area contributed by atoms with Crippen molar-refractivity contribution in [2.24, 2.45) is 5.92 Å². The van der Waals surface area contributed by atoms with E-state index in [1.807, 2.05) is 0 Å². The second kappa shape index (κ2) is 4.60. The molecule has 2 aliphatic heterocycles. The molecule has 0 bridgehead atoms. The molecule has 4 unspecified atom stereocenters. The van der Waals surface area contributed by atoms with Crippen LogP contribution in [-0.4, -0.2) is 38.0 Å². The quantitative estimate of drug-likeness (QED) is 0.740. The Kier molecular flexibility index (Phi) is 3.42. The van der Waals surface area contributed by atoms with E-state index in [2.05, 4.69) is 19.2 Å². The SMILES string of the molecule is CC1CC(NCC2CCOC2)C(C)O1. The van der Waals surface area contributed by atoms with Crippen LogP contribution in [0.4, 0.5) is 0 Å². The summed E-state index contributed by atoms with van der Waals surface area (Å²) in [7, 11) is 0. The van der Waals surface area contributed by atoms with Gasteiger partial charge in [0.15, 0.2) is 0 Å². The van der Waals surface area contributed by atoms with Crippen molar-refractivity contribution in [3.05, 3.63) is 0 Å². The molecule has 0 radical (unpaired) electrons. The van der Waals surface area contributed by atoms with Crippen molar-refractivity contribution in [2.75, 3.05) is 19.8 Å². The van der Waals surface area contributed by atoms with Gasteiger partial charge in [-0.05, 0) is 32.6 Å². The summed E-state index contributed by atoms with van der Waals surface area (Å²) in [5.74, 6) is 0.720. The molecular weight excluding hydrogens is 178 g/mol. The van der Waals surface area contributed by atoms with Gasteiger partial charge in [0, 0.05) is 19.2 Å². The summed E-state index contributed by atoms with van der Waals surface area (Å²) in [5.41, 5.74) is 0. The highest BCUT2D eigenvalue weighted by atomic mass is 16.5. The second-order valence-corrected chi connectivity index (χ2v) is 4.63. The number of hydrogen-bond donors (Lipinski definition) is 1. The van der Waals surface area contributed by atoms with E-state index in [0.717, 1.165) is 32.1 Å². The van der Waals surface area contributed by atoms with Crippen LogP contribution in [-0.2, 0) is 9.47 Å². The fourth-order valence-electron chi connectivity index (χ4n) is 2.38. The third kappa shape index (κ3) is 2.47. The molecule has 0 amide bonds. The van der Waals surface area contributed by atoms with Gasteiger partial charge in [0.2, 0.25) is 0 Å². The maximum absolute atomic E-state index is 5.70. The van der Waals surface area contributed by atoms with Gasteiger partial charge in [-0.2, -0.15) is 0 Å². The van der Waals surface area contributed by atoms with Crippen molar-refractivity contribution in [3.63, 3.8) is 0 Å². The summed E-state index contributed by atoms with van der Waals surface area (Å²) in [6, 6.07) is 0.547. The molecular formula is C11H21NO2. The first kappa shape index (κ1) is 10.4. The summed E-state index contributed by atoms with van der Waals surface area (Å²) in [6.45, 7) is 7.28. The minimum absolute atomic E-state index is 0.368. The lowest BCUT2D eigenvalue weighted by Gasteiger charge is -2.17. The highest BCUT2D eigenvalue weighted by molar-refractivity contribution is 4.84. The molecule has 82 valence electrons. The number of ether oxygens (including phenoxy) is 2. The molecule has 14 heavy (non-hydrogen) atoms. The van der Waals surface area contributed by atoms with E-state index in [0.29, 0.717) is 18.2 Å². The van der Waals surface area contributed by atoms with Crippen molar-refractivity contribution >= 4 is 0 Å². The maximum Gasteiger partial charge on any atom is 0.0704 e. The monoisotopic (exact) mass is 199 g/mol. The van der Waals surface area contributed by atoms with Gasteiger partial charge in [-0.25, -0.2) is 0 Å². The number of rotatable bonds is 3. The van der Waals surface area contributed by atoms with Crippen molar-refractivity contribution < 1.29 is 9.47 Å². The lowest BCUT2D eigenvalue weighted by molar-refractivity contribution is 0.0601. The lowest BCUT2D eigenvalue weighted by Crippen LogP contribution is -2.38. The Bertz CT molecular complexity index is 180. The van der Waals surface area contributed by atoms with Gasteiger partial charge < -0.3 is 14.8 Å². The number of nitrogens with one attached hydrogen (secondary N) is 1. The predicted molar refractivity (Wildman–Crippen MR) is 55.3 cm³/mol. The van der Waals surface area contributed by atoms with Gasteiger partial charge in [0.05, 0.1) is 18.8 Å². The topological polar surface area (TPSA) is 30.5 Å². The normalized spacial score (nSPS) is 43.3. The van der Waals surface area contributed by atoms with E-state index < -0.39 is 0 Å². The molecule has 0 spiro atoms. The first-order valence-corrected chi connectivity index (χ1v) is 5.72. The molecule has 2 saturated heterocycles. The molecule has 2 aliphatic rings. The fourth-order valence-corrected chi connectivity index (χ4v) is 2.38. The molecule has 0 aromatic carbocycles. The van der Waals surface area contributed by atoms with Crippen LogP contribution in [0.5, 0.6) is 0 Å². The Balaban J connectivity index is 1.69. The zero-order valence-corrected chi connectivity index (χ0v) is 9.16. The second-order valence-electron chi connectivity index (χ2n) is 4.63. The first-order valence-electron chi connectivity index (χ1n) is 5.72.